The smallest absolute Gasteiger partial charge is 0.211 e. The Balaban J connectivity index is 1.62. The van der Waals surface area contributed by atoms with Gasteiger partial charge in [0, 0.05) is 0 Å². The highest BCUT2D eigenvalue weighted by molar-refractivity contribution is 7.89. The summed E-state index contributed by atoms with van der Waals surface area (Å²) in [6.07, 6.45) is 7.55. The van der Waals surface area contributed by atoms with E-state index >= 15 is 0 Å². The van der Waals surface area contributed by atoms with E-state index in [0.29, 0.717) is 0 Å². The van der Waals surface area contributed by atoms with Crippen molar-refractivity contribution < 1.29 is 13.2 Å². The van der Waals surface area contributed by atoms with Crippen LogP contribution in [-0.4, -0.2) is 26.4 Å². The molecule has 4 saturated carbocycles. The third-order valence-corrected chi connectivity index (χ3v) is 5.49. The van der Waals surface area contributed by atoms with Crippen LogP contribution < -0.4 is 5.14 Å². The van der Waals surface area contributed by atoms with E-state index in [2.05, 4.69) is 0 Å². The van der Waals surface area contributed by atoms with E-state index in [1.807, 2.05) is 0 Å². The molecule has 2 N–H and O–H groups in total. The number of sulfonamides is 1. The number of hydrogen-bond donors (Lipinski definition) is 1. The topological polar surface area (TPSA) is 69.4 Å². The van der Waals surface area contributed by atoms with E-state index in [-0.39, 0.29) is 18.0 Å². The maximum atomic E-state index is 10.9. The molecule has 0 aliphatic heterocycles. The van der Waals surface area contributed by atoms with E-state index in [1.54, 1.807) is 0 Å². The molecule has 4 nitrogen and oxygen atoms in total. The Labute approximate surface area is 103 Å². The predicted molar refractivity (Wildman–Crippen MR) is 64.8 cm³/mol. The third-order valence-electron chi connectivity index (χ3n) is 4.76. The van der Waals surface area contributed by atoms with E-state index in [0.717, 1.165) is 37.0 Å². The Morgan fingerprint density at radius 2 is 1.53 bits per heavy atom. The number of nitrogens with two attached hydrogens (primary N) is 1. The van der Waals surface area contributed by atoms with Crippen molar-refractivity contribution in [2.75, 3.05) is 12.4 Å². The molecule has 4 bridgehead atoms. The van der Waals surface area contributed by atoms with Crippen LogP contribution in [0.5, 0.6) is 0 Å². The Morgan fingerprint density at radius 3 is 1.94 bits per heavy atom. The molecular weight excluding hydrogens is 238 g/mol. The first-order valence-electron chi connectivity index (χ1n) is 6.59. The Morgan fingerprint density at radius 1 is 1.06 bits per heavy atom. The van der Waals surface area contributed by atoms with Crippen molar-refractivity contribution in [3.05, 3.63) is 0 Å². The summed E-state index contributed by atoms with van der Waals surface area (Å²) in [6.45, 7) is 0.269. The zero-order chi connectivity index (χ0) is 12.1. The molecule has 0 aromatic carbocycles. The number of primary sulfonamides is 1. The minimum Gasteiger partial charge on any atom is -0.374 e. The fraction of sp³-hybridized carbons (Fsp3) is 1.00. The monoisotopic (exact) mass is 259 g/mol. The second-order valence-electron chi connectivity index (χ2n) is 6.32. The lowest BCUT2D eigenvalue weighted by Crippen LogP contribution is -2.52. The van der Waals surface area contributed by atoms with Gasteiger partial charge in [0.2, 0.25) is 10.0 Å². The zero-order valence-corrected chi connectivity index (χ0v) is 10.9. The van der Waals surface area contributed by atoms with Crippen LogP contribution in [0.15, 0.2) is 0 Å². The van der Waals surface area contributed by atoms with Gasteiger partial charge in [0.25, 0.3) is 0 Å². The summed E-state index contributed by atoms with van der Waals surface area (Å²) < 4.78 is 27.8. The zero-order valence-electron chi connectivity index (χ0n) is 10.1. The largest absolute Gasteiger partial charge is 0.374 e. The Kier molecular flexibility index (Phi) is 2.76. The summed E-state index contributed by atoms with van der Waals surface area (Å²) in [6, 6.07) is 0. The summed E-state index contributed by atoms with van der Waals surface area (Å²) >= 11 is 0. The summed E-state index contributed by atoms with van der Waals surface area (Å²) in [5, 5.41) is 5.01. The highest BCUT2D eigenvalue weighted by Crippen LogP contribution is 2.57. The molecule has 4 aliphatic carbocycles. The molecule has 4 fully saturated rings. The molecule has 98 valence electrons. The van der Waals surface area contributed by atoms with Gasteiger partial charge in [0.15, 0.2) is 0 Å². The number of hydrogen-bond acceptors (Lipinski definition) is 3. The van der Waals surface area contributed by atoms with Crippen molar-refractivity contribution >= 4 is 10.0 Å². The van der Waals surface area contributed by atoms with E-state index < -0.39 is 10.0 Å². The van der Waals surface area contributed by atoms with Crippen molar-refractivity contribution in [3.63, 3.8) is 0 Å². The first-order valence-corrected chi connectivity index (χ1v) is 8.30. The van der Waals surface area contributed by atoms with Gasteiger partial charge in [-0.3, -0.25) is 0 Å². The van der Waals surface area contributed by atoms with Gasteiger partial charge in [0.1, 0.15) is 0 Å². The molecule has 17 heavy (non-hydrogen) atoms. The van der Waals surface area contributed by atoms with Crippen molar-refractivity contribution in [2.45, 2.75) is 44.1 Å². The summed E-state index contributed by atoms with van der Waals surface area (Å²) in [5.41, 5.74) is -0.000556. The maximum absolute atomic E-state index is 10.9. The van der Waals surface area contributed by atoms with E-state index in [4.69, 9.17) is 9.88 Å². The average Bonchev–Trinajstić information content (AvgIpc) is 2.11. The summed E-state index contributed by atoms with van der Waals surface area (Å²) in [5.74, 6) is 2.44. The highest BCUT2D eigenvalue weighted by Gasteiger charge is 2.51. The molecule has 0 aromatic rings. The molecule has 0 spiro atoms. The van der Waals surface area contributed by atoms with E-state index in [1.165, 1.54) is 19.3 Å². The lowest BCUT2D eigenvalue weighted by molar-refractivity contribution is -0.158. The SMILES string of the molecule is NS(=O)(=O)CCOC12CC3CC(CC(C3)C1)C2. The van der Waals surface area contributed by atoms with Crippen molar-refractivity contribution in [2.24, 2.45) is 22.9 Å². The van der Waals surface area contributed by atoms with Crippen molar-refractivity contribution in [3.8, 4) is 0 Å². The van der Waals surface area contributed by atoms with Crippen LogP contribution in [0.25, 0.3) is 0 Å². The molecular formula is C12H21NO3S. The van der Waals surface area contributed by atoms with Gasteiger partial charge in [-0.15, -0.1) is 0 Å². The van der Waals surface area contributed by atoms with Crippen LogP contribution >= 0.6 is 0 Å². The molecule has 0 atom stereocenters. The lowest BCUT2D eigenvalue weighted by atomic mass is 9.54. The molecule has 0 aromatic heterocycles. The van der Waals surface area contributed by atoms with Crippen LogP contribution in [-0.2, 0) is 14.8 Å². The normalized spacial score (nSPS) is 44.2. The van der Waals surface area contributed by atoms with Gasteiger partial charge < -0.3 is 4.74 Å². The second-order valence-corrected chi connectivity index (χ2v) is 8.05. The minimum absolute atomic E-state index is 0.000556. The van der Waals surface area contributed by atoms with E-state index in [9.17, 15) is 8.42 Å². The fourth-order valence-corrected chi connectivity index (χ4v) is 4.90. The van der Waals surface area contributed by atoms with Crippen LogP contribution in [0.4, 0.5) is 0 Å². The Bertz CT molecular complexity index is 369. The molecule has 0 radical (unpaired) electrons. The number of rotatable bonds is 4. The van der Waals surface area contributed by atoms with Gasteiger partial charge in [-0.2, -0.15) is 0 Å². The second kappa shape index (κ2) is 3.93. The lowest BCUT2D eigenvalue weighted by Gasteiger charge is -2.56. The maximum Gasteiger partial charge on any atom is 0.211 e. The number of ether oxygens (including phenoxy) is 1. The van der Waals surface area contributed by atoms with Crippen LogP contribution in [0.1, 0.15) is 38.5 Å². The van der Waals surface area contributed by atoms with Crippen LogP contribution in [0, 0.1) is 17.8 Å². The standard InChI is InChI=1S/C12H21NO3S/c13-17(14,15)2-1-16-12-6-9-3-10(7-12)5-11(4-9)8-12/h9-11H,1-8H2,(H2,13,14,15). The van der Waals surface area contributed by atoms with Crippen LogP contribution in [0.2, 0.25) is 0 Å². The first kappa shape index (κ1) is 11.9. The predicted octanol–water partition coefficient (Wildman–Crippen LogP) is 1.26. The minimum atomic E-state index is -3.38. The quantitative estimate of drug-likeness (QED) is 0.826. The third kappa shape index (κ3) is 2.51. The molecule has 0 amide bonds. The molecule has 0 heterocycles. The molecule has 4 rings (SSSR count). The Hall–Kier alpha value is -0.130. The average molecular weight is 259 g/mol. The van der Waals surface area contributed by atoms with Gasteiger partial charge in [0.05, 0.1) is 18.0 Å². The fourth-order valence-electron chi connectivity index (χ4n) is 4.58. The highest BCUT2D eigenvalue weighted by atomic mass is 32.2. The molecule has 0 unspecified atom stereocenters. The molecule has 0 saturated heterocycles. The molecule has 5 heteroatoms. The summed E-state index contributed by atoms with van der Waals surface area (Å²) in [7, 11) is -3.38. The van der Waals surface area contributed by atoms with Crippen LogP contribution in [0.3, 0.4) is 0 Å². The first-order chi connectivity index (χ1) is 7.94. The van der Waals surface area contributed by atoms with Crippen molar-refractivity contribution in [1.82, 2.24) is 0 Å². The van der Waals surface area contributed by atoms with Gasteiger partial charge in [-0.25, -0.2) is 13.6 Å². The van der Waals surface area contributed by atoms with Crippen molar-refractivity contribution in [1.29, 1.82) is 0 Å². The van der Waals surface area contributed by atoms with Gasteiger partial charge >= 0.3 is 0 Å². The summed E-state index contributed by atoms with van der Waals surface area (Å²) in [4.78, 5) is 0. The van der Waals surface area contributed by atoms with Gasteiger partial charge in [-0.05, 0) is 56.3 Å². The molecule has 4 aliphatic rings. The van der Waals surface area contributed by atoms with Gasteiger partial charge in [-0.1, -0.05) is 0 Å².